The van der Waals surface area contributed by atoms with E-state index < -0.39 is 6.29 Å². The quantitative estimate of drug-likeness (QED) is 0.714. The Hall–Kier alpha value is -0.860. The largest absolute Gasteiger partial charge is 0.364 e. The van der Waals surface area contributed by atoms with E-state index in [9.17, 15) is 10.2 Å². The van der Waals surface area contributed by atoms with Crippen LogP contribution in [0.2, 0.25) is 0 Å². The highest BCUT2D eigenvalue weighted by Gasteiger charge is 2.23. The first kappa shape index (κ1) is 11.6. The second-order valence-corrected chi connectivity index (χ2v) is 4.97. The lowest BCUT2D eigenvalue weighted by Gasteiger charge is -2.28. The maximum atomic E-state index is 9.37. The Morgan fingerprint density at radius 2 is 2.00 bits per heavy atom. The van der Waals surface area contributed by atoms with Crippen molar-refractivity contribution in [1.82, 2.24) is 0 Å². The normalized spacial score (nSPS) is 20.0. The van der Waals surface area contributed by atoms with Crippen LogP contribution in [-0.4, -0.2) is 10.2 Å². The Bertz CT molecular complexity index is 408. The standard InChI is InChI=1S/C14H20O2/c1-8-5-4-6-11-9(2)7-12(14(15)16)10(3)13(8)11/h7-8,14-16H,4-6H2,1-3H3. The van der Waals surface area contributed by atoms with Crippen molar-refractivity contribution in [3.63, 3.8) is 0 Å². The molecule has 1 unspecified atom stereocenters. The summed E-state index contributed by atoms with van der Waals surface area (Å²) in [5, 5.41) is 18.7. The monoisotopic (exact) mass is 220 g/mol. The van der Waals surface area contributed by atoms with E-state index in [-0.39, 0.29) is 0 Å². The first-order valence-corrected chi connectivity index (χ1v) is 6.01. The van der Waals surface area contributed by atoms with Crippen molar-refractivity contribution in [2.45, 2.75) is 52.2 Å². The van der Waals surface area contributed by atoms with Crippen LogP contribution in [0.15, 0.2) is 6.07 Å². The van der Waals surface area contributed by atoms with E-state index in [4.69, 9.17) is 0 Å². The van der Waals surface area contributed by atoms with Crippen LogP contribution >= 0.6 is 0 Å². The Kier molecular flexibility index (Phi) is 3.04. The van der Waals surface area contributed by atoms with Gasteiger partial charge in [-0.05, 0) is 61.3 Å². The van der Waals surface area contributed by atoms with Crippen LogP contribution in [0.25, 0.3) is 0 Å². The van der Waals surface area contributed by atoms with E-state index in [2.05, 4.69) is 13.8 Å². The number of rotatable bonds is 1. The first-order valence-electron chi connectivity index (χ1n) is 6.01. The maximum absolute atomic E-state index is 9.37. The van der Waals surface area contributed by atoms with Crippen LogP contribution in [0.5, 0.6) is 0 Å². The molecule has 88 valence electrons. The Labute approximate surface area is 96.9 Å². The third kappa shape index (κ3) is 1.76. The predicted octanol–water partition coefficient (Wildman–Crippen LogP) is 2.73. The van der Waals surface area contributed by atoms with Crippen LogP contribution in [0, 0.1) is 13.8 Å². The highest BCUT2D eigenvalue weighted by atomic mass is 16.5. The van der Waals surface area contributed by atoms with E-state index in [1.54, 1.807) is 0 Å². The Morgan fingerprint density at radius 1 is 1.31 bits per heavy atom. The van der Waals surface area contributed by atoms with Gasteiger partial charge in [-0.25, -0.2) is 0 Å². The molecule has 2 rings (SSSR count). The molecule has 0 bridgehead atoms. The third-order valence-electron chi connectivity index (χ3n) is 3.85. The van der Waals surface area contributed by atoms with Gasteiger partial charge in [-0.3, -0.25) is 0 Å². The molecule has 16 heavy (non-hydrogen) atoms. The summed E-state index contributed by atoms with van der Waals surface area (Å²) in [5.41, 5.74) is 5.73. The van der Waals surface area contributed by atoms with Gasteiger partial charge in [0.1, 0.15) is 0 Å². The molecule has 2 heteroatoms. The molecule has 0 fully saturated rings. The smallest absolute Gasteiger partial charge is 0.178 e. The predicted molar refractivity (Wildman–Crippen MR) is 64.4 cm³/mol. The zero-order valence-electron chi connectivity index (χ0n) is 10.2. The van der Waals surface area contributed by atoms with Crippen molar-refractivity contribution >= 4 is 0 Å². The summed E-state index contributed by atoms with van der Waals surface area (Å²) in [5.74, 6) is 0.543. The second kappa shape index (κ2) is 4.19. The van der Waals surface area contributed by atoms with Crippen molar-refractivity contribution in [3.05, 3.63) is 33.9 Å². The van der Waals surface area contributed by atoms with Crippen LogP contribution in [0.4, 0.5) is 0 Å². The van der Waals surface area contributed by atoms with Crippen molar-refractivity contribution in [1.29, 1.82) is 0 Å². The van der Waals surface area contributed by atoms with Crippen LogP contribution in [0.1, 0.15) is 59.8 Å². The molecule has 1 aliphatic carbocycles. The minimum atomic E-state index is -1.35. The molecule has 0 aliphatic heterocycles. The van der Waals surface area contributed by atoms with E-state index in [0.717, 1.165) is 12.0 Å². The van der Waals surface area contributed by atoms with E-state index in [1.807, 2.05) is 13.0 Å². The fraction of sp³-hybridized carbons (Fsp3) is 0.571. The zero-order valence-corrected chi connectivity index (χ0v) is 10.2. The SMILES string of the molecule is Cc1cc(C(O)O)c(C)c2c1CCCC2C. The molecule has 2 N–H and O–H groups in total. The number of fused-ring (bicyclic) bond motifs is 1. The lowest BCUT2D eigenvalue weighted by atomic mass is 9.78. The second-order valence-electron chi connectivity index (χ2n) is 4.97. The summed E-state index contributed by atoms with van der Waals surface area (Å²) in [6.07, 6.45) is 2.24. The molecule has 2 nitrogen and oxygen atoms in total. The van der Waals surface area contributed by atoms with Crippen LogP contribution in [0.3, 0.4) is 0 Å². The molecule has 0 saturated heterocycles. The van der Waals surface area contributed by atoms with Gasteiger partial charge in [0, 0.05) is 5.56 Å². The molecule has 1 atom stereocenters. The highest BCUT2D eigenvalue weighted by Crippen LogP contribution is 2.37. The molecular weight excluding hydrogens is 200 g/mol. The van der Waals surface area contributed by atoms with Gasteiger partial charge in [0.25, 0.3) is 0 Å². The molecular formula is C14H20O2. The lowest BCUT2D eigenvalue weighted by Crippen LogP contribution is -2.14. The van der Waals surface area contributed by atoms with E-state index in [1.165, 1.54) is 29.5 Å². The average molecular weight is 220 g/mol. The van der Waals surface area contributed by atoms with Crippen molar-refractivity contribution in [3.8, 4) is 0 Å². The molecule has 1 aromatic carbocycles. The van der Waals surface area contributed by atoms with Crippen LogP contribution < -0.4 is 0 Å². The fourth-order valence-corrected chi connectivity index (χ4v) is 3.02. The molecule has 0 radical (unpaired) electrons. The maximum Gasteiger partial charge on any atom is 0.178 e. The number of aliphatic hydroxyl groups is 2. The first-order chi connectivity index (χ1) is 7.52. The molecule has 0 spiro atoms. The van der Waals surface area contributed by atoms with Gasteiger partial charge < -0.3 is 10.2 Å². The summed E-state index contributed by atoms with van der Waals surface area (Å²) in [6.45, 7) is 6.31. The Balaban J connectivity index is 2.64. The van der Waals surface area contributed by atoms with Crippen molar-refractivity contribution < 1.29 is 10.2 Å². The van der Waals surface area contributed by atoms with Crippen molar-refractivity contribution in [2.24, 2.45) is 0 Å². The van der Waals surface area contributed by atoms with Gasteiger partial charge >= 0.3 is 0 Å². The van der Waals surface area contributed by atoms with Gasteiger partial charge in [0.05, 0.1) is 0 Å². The lowest BCUT2D eigenvalue weighted by molar-refractivity contribution is -0.0430. The topological polar surface area (TPSA) is 40.5 Å². The van der Waals surface area contributed by atoms with E-state index >= 15 is 0 Å². The molecule has 1 aliphatic rings. The molecule has 1 aromatic rings. The van der Waals surface area contributed by atoms with E-state index in [0.29, 0.717) is 11.5 Å². The fourth-order valence-electron chi connectivity index (χ4n) is 3.02. The number of aryl methyl sites for hydroxylation is 1. The van der Waals surface area contributed by atoms with Gasteiger partial charge in [0.2, 0.25) is 0 Å². The number of hydrogen-bond acceptors (Lipinski definition) is 2. The van der Waals surface area contributed by atoms with Gasteiger partial charge in [-0.1, -0.05) is 13.0 Å². The van der Waals surface area contributed by atoms with Gasteiger partial charge in [0.15, 0.2) is 6.29 Å². The minimum absolute atomic E-state index is 0.543. The van der Waals surface area contributed by atoms with Crippen LogP contribution in [-0.2, 0) is 6.42 Å². The number of hydrogen-bond donors (Lipinski definition) is 2. The van der Waals surface area contributed by atoms with Gasteiger partial charge in [-0.15, -0.1) is 0 Å². The molecule has 0 saturated carbocycles. The summed E-state index contributed by atoms with van der Waals surface area (Å²) in [4.78, 5) is 0. The molecule has 0 aromatic heterocycles. The summed E-state index contributed by atoms with van der Waals surface area (Å²) in [7, 11) is 0. The average Bonchev–Trinajstić information content (AvgIpc) is 2.22. The number of benzene rings is 1. The molecule has 0 heterocycles. The minimum Gasteiger partial charge on any atom is -0.364 e. The summed E-state index contributed by atoms with van der Waals surface area (Å²) < 4.78 is 0. The Morgan fingerprint density at radius 3 is 2.62 bits per heavy atom. The number of aliphatic hydroxyl groups excluding tert-OH is 1. The third-order valence-corrected chi connectivity index (χ3v) is 3.85. The zero-order chi connectivity index (χ0) is 11.9. The molecule has 0 amide bonds. The van der Waals surface area contributed by atoms with Gasteiger partial charge in [-0.2, -0.15) is 0 Å². The summed E-state index contributed by atoms with van der Waals surface area (Å²) >= 11 is 0. The van der Waals surface area contributed by atoms with Crippen molar-refractivity contribution in [2.75, 3.05) is 0 Å². The highest BCUT2D eigenvalue weighted by molar-refractivity contribution is 5.48. The summed E-state index contributed by atoms with van der Waals surface area (Å²) in [6, 6.07) is 1.93.